The number of benzene rings is 5. The number of hydrogen-bond donors (Lipinski definition) is 1. The van der Waals surface area contributed by atoms with Crippen LogP contribution in [0.5, 0.6) is 5.75 Å². The average molecular weight is 831 g/mol. The minimum atomic E-state index is -0.378. The number of fused-ring (bicyclic) bond motifs is 4. The summed E-state index contributed by atoms with van der Waals surface area (Å²) in [6.45, 7) is 26.4. The number of aromatic nitrogens is 6. The van der Waals surface area contributed by atoms with Gasteiger partial charge in [0.15, 0.2) is 0 Å². The Morgan fingerprint density at radius 3 is 1.86 bits per heavy atom. The van der Waals surface area contributed by atoms with E-state index in [0.29, 0.717) is 17.2 Å². The molecule has 4 aromatic heterocycles. The molecule has 0 bridgehead atoms. The van der Waals surface area contributed by atoms with E-state index in [1.54, 1.807) is 0 Å². The van der Waals surface area contributed by atoms with Gasteiger partial charge in [-0.3, -0.25) is 9.13 Å². The van der Waals surface area contributed by atoms with Crippen molar-refractivity contribution in [3.8, 4) is 51.0 Å². The van der Waals surface area contributed by atoms with Crippen molar-refractivity contribution in [2.24, 2.45) is 0 Å². The molecular weight excluding hydrogens is 773 g/mol. The summed E-state index contributed by atoms with van der Waals surface area (Å²) in [6.07, 6.45) is 1.84. The molecule has 0 spiro atoms. The van der Waals surface area contributed by atoms with Crippen molar-refractivity contribution in [2.45, 2.75) is 105 Å². The number of imidazole rings is 1. The summed E-state index contributed by atoms with van der Waals surface area (Å²) >= 11 is 0. The maximum absolute atomic E-state index is 12.5. The Hall–Kier alpha value is -6.60. The zero-order valence-electron chi connectivity index (χ0n) is 38.8. The molecule has 63 heavy (non-hydrogen) atoms. The summed E-state index contributed by atoms with van der Waals surface area (Å²) in [7, 11) is 0. The van der Waals surface area contributed by atoms with Crippen molar-refractivity contribution in [2.75, 3.05) is 0 Å². The molecule has 9 rings (SSSR count). The number of rotatable bonds is 5. The number of para-hydroxylation sites is 2. The highest BCUT2D eigenvalue weighted by Crippen LogP contribution is 2.46. The molecule has 5 aromatic carbocycles. The SMILES string of the molecule is CC(C)(C)c1ccc(-n2c(-c3cc(C(C)(C)C)cc(C(C)(C)C)c3O)nc3c(-c4cc(-n5c6ccccc6c6cccnc65)nc(C(C)(C)C)n4)cccc32)c(-c2ccccc2)c1. The topological polar surface area (TPSA) is 81.6 Å². The van der Waals surface area contributed by atoms with Crippen LogP contribution in [0, 0.1) is 0 Å². The number of pyridine rings is 1. The molecule has 0 aliphatic rings. The van der Waals surface area contributed by atoms with Gasteiger partial charge in [-0.1, -0.05) is 156 Å². The van der Waals surface area contributed by atoms with Gasteiger partial charge in [-0.25, -0.2) is 19.9 Å². The lowest BCUT2D eigenvalue weighted by atomic mass is 9.79. The van der Waals surface area contributed by atoms with Gasteiger partial charge >= 0.3 is 0 Å². The Morgan fingerprint density at radius 2 is 1.16 bits per heavy atom. The summed E-state index contributed by atoms with van der Waals surface area (Å²) < 4.78 is 4.41. The molecular formula is C56H58N6O. The van der Waals surface area contributed by atoms with E-state index in [0.717, 1.165) is 78.0 Å². The first-order chi connectivity index (χ1) is 29.7. The smallest absolute Gasteiger partial charge is 0.149 e. The minimum absolute atomic E-state index is 0.0860. The fraction of sp³-hybridized carbons (Fsp3) is 0.286. The van der Waals surface area contributed by atoms with E-state index in [2.05, 4.69) is 207 Å². The predicted octanol–water partition coefficient (Wildman–Crippen LogP) is 14.2. The molecule has 0 saturated heterocycles. The fourth-order valence-electron chi connectivity index (χ4n) is 8.64. The molecule has 4 heterocycles. The van der Waals surface area contributed by atoms with Gasteiger partial charge < -0.3 is 5.11 Å². The zero-order chi connectivity index (χ0) is 44.8. The monoisotopic (exact) mass is 830 g/mol. The zero-order valence-corrected chi connectivity index (χ0v) is 38.8. The Bertz CT molecular complexity index is 3160. The fourth-order valence-corrected chi connectivity index (χ4v) is 8.64. The summed E-state index contributed by atoms with van der Waals surface area (Å²) in [6, 6.07) is 42.6. The third-order valence-corrected chi connectivity index (χ3v) is 12.2. The van der Waals surface area contributed by atoms with Crippen molar-refractivity contribution < 1.29 is 5.11 Å². The molecule has 0 radical (unpaired) electrons. The molecule has 0 amide bonds. The van der Waals surface area contributed by atoms with Gasteiger partial charge in [-0.2, -0.15) is 0 Å². The van der Waals surface area contributed by atoms with E-state index in [1.807, 2.05) is 12.3 Å². The van der Waals surface area contributed by atoms with Crippen molar-refractivity contribution >= 4 is 33.0 Å². The van der Waals surface area contributed by atoms with Crippen LogP contribution in [0.4, 0.5) is 0 Å². The number of hydrogen-bond acceptors (Lipinski definition) is 5. The summed E-state index contributed by atoms with van der Waals surface area (Å²) in [5.41, 5.74) is 11.2. The van der Waals surface area contributed by atoms with Gasteiger partial charge in [0, 0.05) is 45.1 Å². The van der Waals surface area contributed by atoms with Gasteiger partial charge in [0.25, 0.3) is 0 Å². The number of phenolic OH excluding ortho intramolecular Hbond substituents is 1. The highest BCUT2D eigenvalue weighted by atomic mass is 16.3. The molecule has 318 valence electrons. The van der Waals surface area contributed by atoms with Gasteiger partial charge in [0.1, 0.15) is 28.9 Å². The van der Waals surface area contributed by atoms with Crippen molar-refractivity contribution in [1.29, 1.82) is 0 Å². The quantitative estimate of drug-likeness (QED) is 0.187. The second-order valence-electron chi connectivity index (χ2n) is 21.1. The lowest BCUT2D eigenvalue weighted by molar-refractivity contribution is 0.446. The third kappa shape index (κ3) is 7.37. The van der Waals surface area contributed by atoms with Crippen LogP contribution in [0.2, 0.25) is 0 Å². The molecule has 7 heteroatoms. The summed E-state index contributed by atoms with van der Waals surface area (Å²) in [5, 5.41) is 14.7. The lowest BCUT2D eigenvalue weighted by Gasteiger charge is -2.28. The summed E-state index contributed by atoms with van der Waals surface area (Å²) in [4.78, 5) is 21.2. The van der Waals surface area contributed by atoms with E-state index in [-0.39, 0.29) is 27.4 Å². The van der Waals surface area contributed by atoms with E-state index < -0.39 is 0 Å². The Balaban J connectivity index is 1.41. The van der Waals surface area contributed by atoms with Crippen molar-refractivity contribution in [1.82, 2.24) is 29.1 Å². The summed E-state index contributed by atoms with van der Waals surface area (Å²) in [5.74, 6) is 2.34. The van der Waals surface area contributed by atoms with Crippen LogP contribution in [0.15, 0.2) is 128 Å². The van der Waals surface area contributed by atoms with Gasteiger partial charge in [-0.05, 0) is 75.4 Å². The molecule has 0 fully saturated rings. The second kappa shape index (κ2) is 14.8. The lowest BCUT2D eigenvalue weighted by Crippen LogP contribution is -2.18. The van der Waals surface area contributed by atoms with E-state index in [4.69, 9.17) is 19.9 Å². The normalized spacial score (nSPS) is 12.8. The van der Waals surface area contributed by atoms with Crippen LogP contribution in [0.25, 0.3) is 78.2 Å². The maximum Gasteiger partial charge on any atom is 0.149 e. The van der Waals surface area contributed by atoms with Crippen LogP contribution >= 0.6 is 0 Å². The average Bonchev–Trinajstić information content (AvgIpc) is 3.78. The number of phenols is 1. The number of nitrogens with zero attached hydrogens (tertiary/aromatic N) is 6. The van der Waals surface area contributed by atoms with Gasteiger partial charge in [0.05, 0.1) is 33.5 Å². The highest BCUT2D eigenvalue weighted by Gasteiger charge is 2.30. The van der Waals surface area contributed by atoms with Crippen LogP contribution in [-0.4, -0.2) is 34.2 Å². The Kier molecular flexibility index (Phi) is 9.78. The van der Waals surface area contributed by atoms with Gasteiger partial charge in [0.2, 0.25) is 0 Å². The van der Waals surface area contributed by atoms with Crippen LogP contribution in [0.3, 0.4) is 0 Å². The van der Waals surface area contributed by atoms with Crippen molar-refractivity contribution in [3.05, 3.63) is 150 Å². The van der Waals surface area contributed by atoms with Gasteiger partial charge in [-0.15, -0.1) is 0 Å². The Morgan fingerprint density at radius 1 is 0.492 bits per heavy atom. The predicted molar refractivity (Wildman–Crippen MR) is 262 cm³/mol. The molecule has 0 saturated carbocycles. The molecule has 1 N–H and O–H groups in total. The highest BCUT2D eigenvalue weighted by molar-refractivity contribution is 6.07. The molecule has 0 aliphatic carbocycles. The van der Waals surface area contributed by atoms with E-state index >= 15 is 0 Å². The second-order valence-corrected chi connectivity index (χ2v) is 21.1. The van der Waals surface area contributed by atoms with Crippen LogP contribution in [-0.2, 0) is 21.7 Å². The standard InChI is InChI=1S/C56H58N6O/c1-53(2,3)35-27-28-45(40(30-35)34-20-14-13-15-21-34)61-46-26-18-23-39(48(46)60-51(61)41-31-36(54(4,5)6)32-42(49(41)63)55(7,8)9)43-33-47(59-52(58-43)56(10,11)12)62-44-25-17-16-22-37(44)38-24-19-29-57-50(38)62/h13-33,63H,1-12H3. The van der Waals surface area contributed by atoms with Crippen LogP contribution < -0.4 is 0 Å². The largest absolute Gasteiger partial charge is 0.507 e. The maximum atomic E-state index is 12.5. The van der Waals surface area contributed by atoms with E-state index in [1.165, 1.54) is 5.56 Å². The molecule has 9 aromatic rings. The molecule has 0 aliphatic heterocycles. The van der Waals surface area contributed by atoms with Crippen molar-refractivity contribution in [3.63, 3.8) is 0 Å². The first kappa shape index (κ1) is 41.7. The number of aromatic hydroxyl groups is 1. The van der Waals surface area contributed by atoms with E-state index in [9.17, 15) is 5.11 Å². The first-order valence-corrected chi connectivity index (χ1v) is 22.0. The molecule has 0 unspecified atom stereocenters. The third-order valence-electron chi connectivity index (χ3n) is 12.2. The Labute approximate surface area is 371 Å². The first-order valence-electron chi connectivity index (χ1n) is 22.0. The molecule has 0 atom stereocenters. The van der Waals surface area contributed by atoms with Crippen LogP contribution in [0.1, 0.15) is 106 Å². The molecule has 7 nitrogen and oxygen atoms in total. The minimum Gasteiger partial charge on any atom is -0.507 e.